The van der Waals surface area contributed by atoms with Crippen LogP contribution in [0.2, 0.25) is 0 Å². The maximum absolute atomic E-state index is 5.15. The van der Waals surface area contributed by atoms with E-state index < -0.39 is 0 Å². The summed E-state index contributed by atoms with van der Waals surface area (Å²) in [5.74, 6) is 2.83. The number of hydrogen-bond donors (Lipinski definition) is 0. The molecule has 3 rings (SSSR count). The molecule has 3 nitrogen and oxygen atoms in total. The molecule has 51 heavy (non-hydrogen) atoms. The second kappa shape index (κ2) is 20.6. The summed E-state index contributed by atoms with van der Waals surface area (Å²) < 4.78 is 3.64. The Labute approximate surface area is 330 Å². The molecule has 0 bridgehead atoms. The van der Waals surface area contributed by atoms with Crippen LogP contribution in [-0.2, 0) is 0 Å². The van der Waals surface area contributed by atoms with E-state index in [0.717, 1.165) is 17.1 Å². The fourth-order valence-electron chi connectivity index (χ4n) is 6.33. The molecule has 0 aliphatic carbocycles. The van der Waals surface area contributed by atoms with E-state index >= 15 is 0 Å². The van der Waals surface area contributed by atoms with Gasteiger partial charge >= 0.3 is 332 Å². The van der Waals surface area contributed by atoms with E-state index in [1.54, 1.807) is 0 Å². The molecule has 0 aliphatic rings. The summed E-state index contributed by atoms with van der Waals surface area (Å²) in [4.78, 5) is 10.0. The number of rotatable bonds is 12. The van der Waals surface area contributed by atoms with E-state index in [1.165, 1.54) is 54.9 Å². The van der Waals surface area contributed by atoms with E-state index in [9.17, 15) is 0 Å². The van der Waals surface area contributed by atoms with Crippen LogP contribution in [0.1, 0.15) is 180 Å². The molecule has 0 fully saturated rings. The molecule has 3 aromatic rings. The van der Waals surface area contributed by atoms with Crippen LogP contribution < -0.4 is 3.86 Å². The third kappa shape index (κ3) is 12.8. The Morgan fingerprint density at radius 2 is 0.765 bits per heavy atom. The summed E-state index contributed by atoms with van der Waals surface area (Å²) in [5.41, 5.74) is 15.1. The van der Waals surface area contributed by atoms with Crippen molar-refractivity contribution in [2.75, 3.05) is 3.86 Å². The van der Waals surface area contributed by atoms with Crippen molar-refractivity contribution >= 4 is 61.7 Å². The molecule has 5 heteroatoms. The van der Waals surface area contributed by atoms with E-state index in [-0.39, 0.29) is 0 Å². The summed E-state index contributed by atoms with van der Waals surface area (Å²) in [6.07, 6.45) is 4.36. The van der Waals surface area contributed by atoms with E-state index in [1.807, 2.05) is 0 Å². The van der Waals surface area contributed by atoms with Crippen LogP contribution in [0.4, 0.5) is 17.1 Å². The van der Waals surface area contributed by atoms with Crippen molar-refractivity contribution in [1.82, 2.24) is 0 Å². The first-order valence-corrected chi connectivity index (χ1v) is 20.8. The van der Waals surface area contributed by atoms with Gasteiger partial charge < -0.3 is 0 Å². The fraction of sp³-hybridized carbons (Fsp3) is 0.478. The van der Waals surface area contributed by atoms with Crippen molar-refractivity contribution in [1.29, 1.82) is 0 Å². The molecule has 0 heterocycles. The van der Waals surface area contributed by atoms with E-state index in [0.29, 0.717) is 35.5 Å². The van der Waals surface area contributed by atoms with Crippen LogP contribution in [0.15, 0.2) is 86.8 Å². The molecule has 3 aromatic carbocycles. The molecule has 0 saturated carbocycles. The van der Waals surface area contributed by atoms with E-state index in [4.69, 9.17) is 9.98 Å². The first kappa shape index (κ1) is 44.5. The molecule has 0 aromatic heterocycles. The number of nitrogens with zero attached hydrogens (tertiary/aromatic N) is 3. The van der Waals surface area contributed by atoms with Crippen molar-refractivity contribution in [3.63, 3.8) is 0 Å². The number of anilines is 1. The quantitative estimate of drug-likeness (QED) is 0.132. The summed E-state index contributed by atoms with van der Waals surface area (Å²) in [6.45, 7) is 35.5. The van der Waals surface area contributed by atoms with Gasteiger partial charge in [-0.3, -0.25) is 0 Å². The SMILES string of the molecule is CC(/C=C(/C)[N]([Ge])c1c(C(C)C)cccc1C(C)C)=Nc1c(C(C)C)cccc1C(C)C.CC(/C=[C](/C)[Ge])=Nc1c(C(C)C)cccc1C(C)C. The predicted octanol–water partition coefficient (Wildman–Crippen LogP) is 13.9. The predicted molar refractivity (Wildman–Crippen MR) is 231 cm³/mol. The molecule has 0 amide bonds. The van der Waals surface area contributed by atoms with Gasteiger partial charge in [0.05, 0.1) is 0 Å². The summed E-state index contributed by atoms with van der Waals surface area (Å²) in [5, 5.41) is 0. The first-order chi connectivity index (χ1) is 23.8. The van der Waals surface area contributed by atoms with Gasteiger partial charge in [-0.1, -0.05) is 0 Å². The summed E-state index contributed by atoms with van der Waals surface area (Å²) >= 11 is 4.30. The number of hydrogen-bond acceptors (Lipinski definition) is 3. The second-order valence-electron chi connectivity index (χ2n) is 15.7. The average Bonchev–Trinajstić information content (AvgIpc) is 3.03. The van der Waals surface area contributed by atoms with Gasteiger partial charge in [-0.2, -0.15) is 0 Å². The minimum atomic E-state index is 0.444. The summed E-state index contributed by atoms with van der Waals surface area (Å²) in [7, 11) is 0. The Hall–Kier alpha value is -2.63. The van der Waals surface area contributed by atoms with Gasteiger partial charge in [0.25, 0.3) is 0 Å². The van der Waals surface area contributed by atoms with Crippen molar-refractivity contribution in [3.05, 3.63) is 110 Å². The van der Waals surface area contributed by atoms with E-state index in [2.05, 4.69) is 215 Å². The zero-order valence-electron chi connectivity index (χ0n) is 34.7. The molecule has 0 spiro atoms. The van der Waals surface area contributed by atoms with Crippen LogP contribution >= 0.6 is 0 Å². The van der Waals surface area contributed by atoms with Crippen molar-refractivity contribution in [3.8, 4) is 0 Å². The molecular formula is C46H65Ge2N3. The van der Waals surface area contributed by atoms with Gasteiger partial charge in [0.1, 0.15) is 0 Å². The standard InChI is InChI=1S/C29H41GeN2.C17H24GeN/c1-18(2)24-13-11-14-25(19(3)4)28(24)31-22(9)17-23(10)32(30)29-26(20(5)6)15-12-16-27(29)21(7)8;1-11(2)15-8-7-9-16(12(3)4)17(15)19-14(6)10-13(5)18/h11-21H,1-10H3;7-12H,1-6H3/b23-17-,31-22?;13-10-,19-14?. The second-order valence-corrected chi connectivity index (χ2v) is 18.3. The molecule has 6 radical (unpaired) electrons. The number of para-hydroxylation sites is 3. The van der Waals surface area contributed by atoms with Crippen LogP contribution in [0.25, 0.3) is 0 Å². The van der Waals surface area contributed by atoms with Crippen LogP contribution in [0, 0.1) is 0 Å². The molecule has 0 saturated heterocycles. The third-order valence-corrected chi connectivity index (χ3v) is 10.5. The monoisotopic (exact) mass is 807 g/mol. The van der Waals surface area contributed by atoms with Gasteiger partial charge in [-0.15, -0.1) is 0 Å². The summed E-state index contributed by atoms with van der Waals surface area (Å²) in [6, 6.07) is 19.9. The molecule has 0 unspecified atom stereocenters. The Kier molecular flexibility index (Phi) is 18.0. The van der Waals surface area contributed by atoms with Gasteiger partial charge in [0, 0.05) is 0 Å². The van der Waals surface area contributed by atoms with Gasteiger partial charge in [-0.05, 0) is 0 Å². The molecule has 0 N–H and O–H groups in total. The number of aliphatic imine (C=N–C) groups is 2. The first-order valence-electron chi connectivity index (χ1n) is 18.9. The van der Waals surface area contributed by atoms with Crippen LogP contribution in [0.3, 0.4) is 0 Å². The fourth-order valence-corrected chi connectivity index (χ4v) is 7.44. The Balaban J connectivity index is 0.000000404. The topological polar surface area (TPSA) is 28.0 Å². The average molecular weight is 805 g/mol. The minimum absolute atomic E-state index is 0.444. The molecule has 0 atom stereocenters. The molecular weight excluding hydrogens is 740 g/mol. The maximum atomic E-state index is 5.15. The normalized spacial score (nSPS) is 13.3. The van der Waals surface area contributed by atoms with Crippen LogP contribution in [0.5, 0.6) is 0 Å². The molecule has 272 valence electrons. The zero-order valence-corrected chi connectivity index (χ0v) is 38.9. The van der Waals surface area contributed by atoms with Crippen molar-refractivity contribution in [2.24, 2.45) is 9.98 Å². The number of allylic oxidation sites excluding steroid dienone is 4. The Morgan fingerprint density at radius 1 is 0.490 bits per heavy atom. The van der Waals surface area contributed by atoms with Gasteiger partial charge in [0.2, 0.25) is 0 Å². The van der Waals surface area contributed by atoms with Gasteiger partial charge in [0.15, 0.2) is 0 Å². The Morgan fingerprint density at radius 3 is 1.04 bits per heavy atom. The van der Waals surface area contributed by atoms with Crippen molar-refractivity contribution in [2.45, 2.75) is 146 Å². The van der Waals surface area contributed by atoms with Crippen molar-refractivity contribution < 1.29 is 0 Å². The van der Waals surface area contributed by atoms with Crippen LogP contribution in [-0.4, -0.2) is 44.7 Å². The van der Waals surface area contributed by atoms with Gasteiger partial charge in [-0.25, -0.2) is 0 Å². The number of benzene rings is 3. The molecule has 0 aliphatic heterocycles. The Bertz CT molecular complexity index is 1640. The zero-order chi connectivity index (χ0) is 38.7. The third-order valence-electron chi connectivity index (χ3n) is 9.02.